The van der Waals surface area contributed by atoms with E-state index in [2.05, 4.69) is 11.1 Å². The largest absolute Gasteiger partial charge is 0.465 e. The molecule has 0 saturated heterocycles. The Morgan fingerprint density at radius 2 is 1.78 bits per heavy atom. The van der Waals surface area contributed by atoms with E-state index in [-0.39, 0.29) is 11.9 Å². The normalized spacial score (nSPS) is 13.4. The van der Waals surface area contributed by atoms with E-state index in [1.165, 1.54) is 7.11 Å². The molecule has 1 heterocycles. The van der Waals surface area contributed by atoms with Crippen molar-refractivity contribution >= 4 is 22.8 Å². The third-order valence-corrected chi connectivity index (χ3v) is 4.81. The molecule has 3 aromatic rings. The van der Waals surface area contributed by atoms with Crippen LogP contribution in [0.2, 0.25) is 0 Å². The van der Waals surface area contributed by atoms with Crippen LogP contribution in [0.3, 0.4) is 0 Å². The molecule has 0 bridgehead atoms. The monoisotopic (exact) mass is 360 g/mol. The lowest BCUT2D eigenvalue weighted by Crippen LogP contribution is -2.33. The Morgan fingerprint density at radius 1 is 1.07 bits per heavy atom. The lowest BCUT2D eigenvalue weighted by Gasteiger charge is -2.23. The summed E-state index contributed by atoms with van der Waals surface area (Å²) in [5.74, 6) is -0.645. The number of rotatable bonds is 5. The van der Waals surface area contributed by atoms with Crippen LogP contribution in [0.4, 0.5) is 0 Å². The van der Waals surface area contributed by atoms with Crippen molar-refractivity contribution in [3.63, 3.8) is 0 Å². The van der Waals surface area contributed by atoms with Gasteiger partial charge in [-0.1, -0.05) is 30.3 Å². The highest BCUT2D eigenvalue weighted by atomic mass is 16.5. The second-order valence-electron chi connectivity index (χ2n) is 6.74. The van der Waals surface area contributed by atoms with Crippen LogP contribution in [0.5, 0.6) is 0 Å². The summed E-state index contributed by atoms with van der Waals surface area (Å²) in [4.78, 5) is 31.6. The Labute approximate surface area is 157 Å². The molecule has 0 radical (unpaired) electrons. The average molecular weight is 360 g/mol. The fourth-order valence-corrected chi connectivity index (χ4v) is 3.26. The summed E-state index contributed by atoms with van der Waals surface area (Å²) in [7, 11) is 1.32. The molecule has 1 amide bonds. The van der Waals surface area contributed by atoms with Crippen LogP contribution in [-0.2, 0) is 11.3 Å². The molecular weight excluding hydrogens is 340 g/mol. The number of para-hydroxylation sites is 1. The third-order valence-electron chi connectivity index (χ3n) is 4.81. The van der Waals surface area contributed by atoms with Gasteiger partial charge in [-0.25, -0.2) is 4.79 Å². The first-order chi connectivity index (χ1) is 13.2. The average Bonchev–Trinajstić information content (AvgIpc) is 3.56. The number of nitrogens with zero attached hydrogens (tertiary/aromatic N) is 2. The molecule has 1 aromatic heterocycles. The van der Waals surface area contributed by atoms with Gasteiger partial charge in [0.2, 0.25) is 0 Å². The minimum Gasteiger partial charge on any atom is -0.465 e. The highest BCUT2D eigenvalue weighted by molar-refractivity contribution is 6.05. The zero-order valence-corrected chi connectivity index (χ0v) is 15.1. The highest BCUT2D eigenvalue weighted by Crippen LogP contribution is 2.31. The van der Waals surface area contributed by atoms with Gasteiger partial charge in [0.15, 0.2) is 0 Å². The maximum atomic E-state index is 13.2. The Morgan fingerprint density at radius 3 is 2.52 bits per heavy atom. The van der Waals surface area contributed by atoms with E-state index >= 15 is 0 Å². The van der Waals surface area contributed by atoms with Gasteiger partial charge in [-0.3, -0.25) is 9.78 Å². The van der Waals surface area contributed by atoms with Crippen LogP contribution in [0.1, 0.15) is 39.1 Å². The first-order valence-corrected chi connectivity index (χ1v) is 8.99. The first kappa shape index (κ1) is 17.2. The van der Waals surface area contributed by atoms with Gasteiger partial charge in [0.05, 0.1) is 23.8 Å². The summed E-state index contributed by atoms with van der Waals surface area (Å²) in [5.41, 5.74) is 2.59. The molecule has 0 spiro atoms. The van der Waals surface area contributed by atoms with Crippen molar-refractivity contribution in [1.82, 2.24) is 9.88 Å². The topological polar surface area (TPSA) is 59.5 Å². The summed E-state index contributed by atoms with van der Waals surface area (Å²) in [5, 5.41) is 1.05. The van der Waals surface area contributed by atoms with Crippen LogP contribution in [0.15, 0.2) is 60.8 Å². The van der Waals surface area contributed by atoms with Crippen LogP contribution in [0.25, 0.3) is 10.9 Å². The van der Waals surface area contributed by atoms with E-state index < -0.39 is 5.97 Å². The zero-order valence-electron chi connectivity index (χ0n) is 15.1. The molecule has 0 N–H and O–H groups in total. The van der Waals surface area contributed by atoms with Crippen molar-refractivity contribution in [2.75, 3.05) is 7.11 Å². The maximum Gasteiger partial charge on any atom is 0.338 e. The van der Waals surface area contributed by atoms with Crippen molar-refractivity contribution in [2.24, 2.45) is 0 Å². The molecule has 1 aliphatic carbocycles. The van der Waals surface area contributed by atoms with Gasteiger partial charge >= 0.3 is 5.97 Å². The molecule has 1 saturated carbocycles. The number of amides is 1. The number of benzene rings is 2. The molecular formula is C22H20N2O3. The molecule has 5 heteroatoms. The number of methoxy groups -OCH3 is 1. The van der Waals surface area contributed by atoms with Gasteiger partial charge in [0, 0.05) is 24.2 Å². The first-order valence-electron chi connectivity index (χ1n) is 8.99. The molecule has 1 fully saturated rings. The van der Waals surface area contributed by atoms with Crippen molar-refractivity contribution in [1.29, 1.82) is 0 Å². The van der Waals surface area contributed by atoms with Crippen LogP contribution in [0, 0.1) is 0 Å². The van der Waals surface area contributed by atoms with E-state index in [0.717, 1.165) is 29.3 Å². The number of hydrogen-bond donors (Lipinski definition) is 0. The summed E-state index contributed by atoms with van der Waals surface area (Å²) in [6, 6.07) is 17.0. The Hall–Kier alpha value is -3.21. The minimum atomic E-state index is -0.498. The van der Waals surface area contributed by atoms with Gasteiger partial charge in [0.1, 0.15) is 0 Å². The number of carbonyl (C=O) groups excluding carboxylic acids is 2. The molecule has 5 nitrogen and oxygen atoms in total. The lowest BCUT2D eigenvalue weighted by molar-refractivity contribution is 0.0588. The highest BCUT2D eigenvalue weighted by Gasteiger charge is 2.34. The molecule has 136 valence electrons. The van der Waals surface area contributed by atoms with Gasteiger partial charge in [0.25, 0.3) is 5.91 Å². The molecule has 27 heavy (non-hydrogen) atoms. The molecule has 0 atom stereocenters. The van der Waals surface area contributed by atoms with Crippen LogP contribution < -0.4 is 0 Å². The molecule has 4 rings (SSSR count). The zero-order chi connectivity index (χ0) is 18.8. The number of esters is 1. The van der Waals surface area contributed by atoms with Gasteiger partial charge in [-0.2, -0.15) is 0 Å². The van der Waals surface area contributed by atoms with Crippen molar-refractivity contribution < 1.29 is 14.3 Å². The van der Waals surface area contributed by atoms with E-state index in [1.807, 2.05) is 35.4 Å². The van der Waals surface area contributed by atoms with E-state index in [9.17, 15) is 9.59 Å². The standard InChI is InChI=1S/C22H20N2O3/c1-27-22(26)19-8-4-3-7-18(19)21(25)24(17-10-11-17)14-15-12-16-6-2-5-9-20(16)23-13-15/h2-9,12-13,17H,10-11,14H2,1H3. The predicted molar refractivity (Wildman–Crippen MR) is 102 cm³/mol. The number of aromatic nitrogens is 1. The number of carbonyl (C=O) groups is 2. The predicted octanol–water partition coefficient (Wildman–Crippen LogP) is 3.83. The quantitative estimate of drug-likeness (QED) is 0.649. The van der Waals surface area contributed by atoms with E-state index in [1.54, 1.807) is 24.3 Å². The smallest absolute Gasteiger partial charge is 0.338 e. The number of hydrogen-bond acceptors (Lipinski definition) is 4. The Kier molecular flexibility index (Phi) is 4.59. The van der Waals surface area contributed by atoms with E-state index in [0.29, 0.717) is 17.7 Å². The molecule has 0 aliphatic heterocycles. The lowest BCUT2D eigenvalue weighted by atomic mass is 10.1. The summed E-state index contributed by atoms with van der Waals surface area (Å²) >= 11 is 0. The fraction of sp³-hybridized carbons (Fsp3) is 0.227. The number of ether oxygens (including phenoxy) is 1. The SMILES string of the molecule is COC(=O)c1ccccc1C(=O)N(Cc1cnc2ccccc2c1)C1CC1. The molecule has 0 unspecified atom stereocenters. The van der Waals surface area contributed by atoms with Crippen molar-refractivity contribution in [3.05, 3.63) is 77.5 Å². The second-order valence-corrected chi connectivity index (χ2v) is 6.74. The Balaban J connectivity index is 1.65. The van der Waals surface area contributed by atoms with Gasteiger partial charge < -0.3 is 9.64 Å². The van der Waals surface area contributed by atoms with Crippen LogP contribution >= 0.6 is 0 Å². The van der Waals surface area contributed by atoms with Gasteiger partial charge in [-0.15, -0.1) is 0 Å². The van der Waals surface area contributed by atoms with Crippen molar-refractivity contribution in [2.45, 2.75) is 25.4 Å². The number of pyridine rings is 1. The number of fused-ring (bicyclic) bond motifs is 1. The third kappa shape index (κ3) is 3.53. The maximum absolute atomic E-state index is 13.2. The van der Waals surface area contributed by atoms with Crippen LogP contribution in [-0.4, -0.2) is 34.9 Å². The molecule has 2 aromatic carbocycles. The molecule has 1 aliphatic rings. The Bertz CT molecular complexity index is 1010. The van der Waals surface area contributed by atoms with E-state index in [4.69, 9.17) is 4.74 Å². The summed E-state index contributed by atoms with van der Waals surface area (Å²) < 4.78 is 4.83. The second kappa shape index (κ2) is 7.19. The minimum absolute atomic E-state index is 0.147. The van der Waals surface area contributed by atoms with Gasteiger partial charge in [-0.05, 0) is 42.7 Å². The summed E-state index contributed by atoms with van der Waals surface area (Å²) in [6.45, 7) is 0.469. The van der Waals surface area contributed by atoms with Crippen molar-refractivity contribution in [3.8, 4) is 0 Å². The summed E-state index contributed by atoms with van der Waals surface area (Å²) in [6.07, 6.45) is 3.78. The fourth-order valence-electron chi connectivity index (χ4n) is 3.26.